The third kappa shape index (κ3) is 2.65. The van der Waals surface area contributed by atoms with Gasteiger partial charge in [0, 0.05) is 12.3 Å². The Bertz CT molecular complexity index is 454. The van der Waals surface area contributed by atoms with Crippen LogP contribution in [0.5, 0.6) is 0 Å². The Labute approximate surface area is 99.1 Å². The number of nitrogens with two attached hydrogens (primary N) is 1. The molecule has 84 valence electrons. The number of rotatable bonds is 4. The van der Waals surface area contributed by atoms with E-state index in [1.54, 1.807) is 24.2 Å². The lowest BCUT2D eigenvalue weighted by atomic mass is 10.1. The second-order valence-corrected chi connectivity index (χ2v) is 4.48. The molecule has 0 radical (unpaired) electrons. The van der Waals surface area contributed by atoms with Crippen molar-refractivity contribution in [3.8, 4) is 0 Å². The molecular weight excluding hydrogens is 220 g/mol. The number of aryl methyl sites for hydroxylation is 1. The van der Waals surface area contributed by atoms with Crippen LogP contribution in [0.4, 0.5) is 0 Å². The predicted molar refractivity (Wildman–Crippen MR) is 65.1 cm³/mol. The highest BCUT2D eigenvalue weighted by Gasteiger charge is 2.03. The van der Waals surface area contributed by atoms with Gasteiger partial charge in [-0.15, -0.1) is 0 Å². The first-order chi connectivity index (χ1) is 7.79. The van der Waals surface area contributed by atoms with Crippen molar-refractivity contribution in [2.24, 2.45) is 5.73 Å². The quantitative estimate of drug-likeness (QED) is 0.826. The van der Waals surface area contributed by atoms with Crippen LogP contribution in [-0.2, 0) is 12.3 Å². The summed E-state index contributed by atoms with van der Waals surface area (Å²) in [4.78, 5) is 4.07. The lowest BCUT2D eigenvalue weighted by Crippen LogP contribution is -1.97. The zero-order valence-electron chi connectivity index (χ0n) is 9.14. The fourth-order valence-corrected chi connectivity index (χ4v) is 2.33. The normalized spacial score (nSPS) is 10.6. The van der Waals surface area contributed by atoms with E-state index in [0.29, 0.717) is 11.8 Å². The van der Waals surface area contributed by atoms with Crippen molar-refractivity contribution >= 4 is 11.8 Å². The number of oxazole rings is 1. The molecule has 0 atom stereocenters. The molecule has 0 amide bonds. The third-order valence-electron chi connectivity index (χ3n) is 2.40. The summed E-state index contributed by atoms with van der Waals surface area (Å²) in [6, 6.07) is 6.32. The average Bonchev–Trinajstić information content (AvgIpc) is 2.80. The number of thioether (sulfide) groups is 1. The number of aromatic nitrogens is 1. The molecule has 0 saturated heterocycles. The number of nitrogens with zero attached hydrogens (tertiary/aromatic N) is 1. The summed E-state index contributed by atoms with van der Waals surface area (Å²) >= 11 is 1.60. The van der Waals surface area contributed by atoms with Crippen LogP contribution >= 0.6 is 11.8 Å². The van der Waals surface area contributed by atoms with Gasteiger partial charge in [0.25, 0.3) is 5.22 Å². The van der Waals surface area contributed by atoms with Crippen molar-refractivity contribution in [3.05, 3.63) is 47.3 Å². The Morgan fingerprint density at radius 1 is 1.44 bits per heavy atom. The highest BCUT2D eigenvalue weighted by atomic mass is 32.2. The van der Waals surface area contributed by atoms with Gasteiger partial charge >= 0.3 is 0 Å². The maximum Gasteiger partial charge on any atom is 0.255 e. The molecule has 0 fully saturated rings. The summed E-state index contributed by atoms with van der Waals surface area (Å²) in [7, 11) is 0. The van der Waals surface area contributed by atoms with E-state index in [2.05, 4.69) is 30.1 Å². The van der Waals surface area contributed by atoms with Gasteiger partial charge in [-0.05, 0) is 23.6 Å². The van der Waals surface area contributed by atoms with E-state index in [0.717, 1.165) is 5.75 Å². The molecule has 2 aromatic rings. The van der Waals surface area contributed by atoms with Crippen molar-refractivity contribution in [1.82, 2.24) is 4.98 Å². The van der Waals surface area contributed by atoms with Gasteiger partial charge in [0.1, 0.15) is 6.26 Å². The lowest BCUT2D eigenvalue weighted by molar-refractivity contribution is 0.454. The van der Waals surface area contributed by atoms with Gasteiger partial charge < -0.3 is 10.2 Å². The van der Waals surface area contributed by atoms with Gasteiger partial charge in [0.15, 0.2) is 0 Å². The van der Waals surface area contributed by atoms with Gasteiger partial charge in [-0.1, -0.05) is 30.0 Å². The minimum atomic E-state index is 0.591. The molecule has 1 aromatic heterocycles. The van der Waals surface area contributed by atoms with Gasteiger partial charge in [-0.25, -0.2) is 4.98 Å². The van der Waals surface area contributed by atoms with Gasteiger partial charge in [-0.2, -0.15) is 0 Å². The smallest absolute Gasteiger partial charge is 0.255 e. The van der Waals surface area contributed by atoms with Gasteiger partial charge in [0.05, 0.1) is 6.20 Å². The summed E-state index contributed by atoms with van der Waals surface area (Å²) in [5, 5.41) is 0.710. The van der Waals surface area contributed by atoms with Crippen molar-refractivity contribution in [1.29, 1.82) is 0 Å². The SMILES string of the molecule is Cc1cc(CN)ccc1CSc1ncco1. The van der Waals surface area contributed by atoms with E-state index in [4.69, 9.17) is 10.2 Å². The van der Waals surface area contributed by atoms with Crippen LogP contribution in [0.1, 0.15) is 16.7 Å². The molecule has 4 heteroatoms. The van der Waals surface area contributed by atoms with Crippen LogP contribution in [0, 0.1) is 6.92 Å². The zero-order chi connectivity index (χ0) is 11.4. The largest absolute Gasteiger partial charge is 0.440 e. The molecule has 1 heterocycles. The molecule has 0 spiro atoms. The average molecular weight is 234 g/mol. The molecule has 0 bridgehead atoms. The van der Waals surface area contributed by atoms with Crippen LogP contribution in [0.2, 0.25) is 0 Å². The number of benzene rings is 1. The lowest BCUT2D eigenvalue weighted by Gasteiger charge is -2.06. The molecule has 0 aliphatic rings. The van der Waals surface area contributed by atoms with Crippen molar-refractivity contribution < 1.29 is 4.42 Å². The summed E-state index contributed by atoms with van der Waals surface area (Å²) in [6.45, 7) is 2.69. The summed E-state index contributed by atoms with van der Waals surface area (Å²) < 4.78 is 5.17. The Kier molecular flexibility index (Phi) is 3.64. The van der Waals surface area contributed by atoms with Crippen molar-refractivity contribution in [2.75, 3.05) is 0 Å². The van der Waals surface area contributed by atoms with E-state index in [1.165, 1.54) is 16.7 Å². The van der Waals surface area contributed by atoms with E-state index < -0.39 is 0 Å². The van der Waals surface area contributed by atoms with E-state index >= 15 is 0 Å². The maximum absolute atomic E-state index is 5.59. The molecule has 2 N–H and O–H groups in total. The van der Waals surface area contributed by atoms with Crippen LogP contribution in [0.25, 0.3) is 0 Å². The number of hydrogen-bond donors (Lipinski definition) is 1. The predicted octanol–water partition coefficient (Wildman–Crippen LogP) is 2.73. The monoisotopic (exact) mass is 234 g/mol. The molecule has 2 rings (SSSR count). The first-order valence-corrected chi connectivity index (χ1v) is 6.09. The molecule has 0 aliphatic heterocycles. The molecule has 0 saturated carbocycles. The Balaban J connectivity index is 2.04. The van der Waals surface area contributed by atoms with Crippen LogP contribution in [0.3, 0.4) is 0 Å². The highest BCUT2D eigenvalue weighted by Crippen LogP contribution is 2.23. The standard InChI is InChI=1S/C12H14N2OS/c1-9-6-10(7-13)2-3-11(9)8-16-12-14-4-5-15-12/h2-6H,7-8,13H2,1H3. The van der Waals surface area contributed by atoms with Crippen LogP contribution in [0.15, 0.2) is 40.3 Å². The first-order valence-electron chi connectivity index (χ1n) is 5.10. The minimum Gasteiger partial charge on any atom is -0.440 e. The molecular formula is C12H14N2OS. The third-order valence-corrected chi connectivity index (χ3v) is 3.31. The Hall–Kier alpha value is -1.26. The van der Waals surface area contributed by atoms with Crippen LogP contribution in [-0.4, -0.2) is 4.98 Å². The fraction of sp³-hybridized carbons (Fsp3) is 0.250. The molecule has 0 aliphatic carbocycles. The van der Waals surface area contributed by atoms with Crippen LogP contribution < -0.4 is 5.73 Å². The minimum absolute atomic E-state index is 0.591. The molecule has 1 aromatic carbocycles. The van der Waals surface area contributed by atoms with E-state index in [-0.39, 0.29) is 0 Å². The van der Waals surface area contributed by atoms with E-state index in [1.807, 2.05) is 0 Å². The zero-order valence-corrected chi connectivity index (χ0v) is 9.96. The molecule has 3 nitrogen and oxygen atoms in total. The molecule has 16 heavy (non-hydrogen) atoms. The Morgan fingerprint density at radius 2 is 2.31 bits per heavy atom. The van der Waals surface area contributed by atoms with Crippen molar-refractivity contribution in [3.63, 3.8) is 0 Å². The molecule has 0 unspecified atom stereocenters. The number of hydrogen-bond acceptors (Lipinski definition) is 4. The van der Waals surface area contributed by atoms with Gasteiger partial charge in [-0.3, -0.25) is 0 Å². The first kappa shape index (κ1) is 11.2. The van der Waals surface area contributed by atoms with E-state index in [9.17, 15) is 0 Å². The summed E-state index contributed by atoms with van der Waals surface area (Å²) in [6.07, 6.45) is 3.25. The second kappa shape index (κ2) is 5.18. The summed E-state index contributed by atoms with van der Waals surface area (Å²) in [5.74, 6) is 0.872. The maximum atomic E-state index is 5.59. The van der Waals surface area contributed by atoms with Gasteiger partial charge in [0.2, 0.25) is 0 Å². The fourth-order valence-electron chi connectivity index (χ4n) is 1.47. The second-order valence-electron chi connectivity index (χ2n) is 3.55. The summed E-state index contributed by atoms with van der Waals surface area (Å²) in [5.41, 5.74) is 9.32. The topological polar surface area (TPSA) is 52.0 Å². The Morgan fingerprint density at radius 3 is 2.94 bits per heavy atom. The van der Waals surface area contributed by atoms with Crippen molar-refractivity contribution in [2.45, 2.75) is 24.4 Å². The highest BCUT2D eigenvalue weighted by molar-refractivity contribution is 7.98.